The van der Waals surface area contributed by atoms with Crippen LogP contribution in [0, 0.1) is 11.8 Å². The van der Waals surface area contributed by atoms with E-state index in [-0.39, 0.29) is 46.2 Å². The highest BCUT2D eigenvalue weighted by atomic mass is 16.5. The van der Waals surface area contributed by atoms with E-state index in [0.717, 1.165) is 61.0 Å². The Morgan fingerprint density at radius 3 is 1.55 bits per heavy atom. The average Bonchev–Trinajstić information content (AvgIpc) is 3.52. The summed E-state index contributed by atoms with van der Waals surface area (Å²) in [5.74, 6) is 1.38. The lowest BCUT2D eigenvalue weighted by atomic mass is 9.53. The molecule has 0 amide bonds. The highest BCUT2D eigenvalue weighted by Gasteiger charge is 2.66. The Morgan fingerprint density at radius 2 is 1.12 bits per heavy atom. The minimum absolute atomic E-state index is 0.0181. The van der Waals surface area contributed by atoms with Crippen molar-refractivity contribution in [2.75, 3.05) is 27.2 Å². The molecule has 4 aliphatic carbocycles. The molecule has 2 aromatic carbocycles. The Bertz CT molecular complexity index is 1550. The third-order valence-electron chi connectivity index (χ3n) is 12.8. The number of hydrogen-bond acceptors (Lipinski definition) is 8. The Labute approximate surface area is 244 Å². The molecular weight excluding hydrogens is 532 g/mol. The van der Waals surface area contributed by atoms with E-state index in [2.05, 4.69) is 48.2 Å². The van der Waals surface area contributed by atoms with Crippen LogP contribution in [0.15, 0.2) is 36.4 Å². The van der Waals surface area contributed by atoms with E-state index in [1.54, 1.807) is 0 Å². The summed E-state index contributed by atoms with van der Waals surface area (Å²) in [6.07, 6.45) is 9.02. The molecule has 218 valence electrons. The fourth-order valence-corrected chi connectivity index (χ4v) is 11.0. The summed E-state index contributed by atoms with van der Waals surface area (Å²) in [6, 6.07) is 4.65. The van der Waals surface area contributed by atoms with E-state index < -0.39 is 24.4 Å². The zero-order valence-electron chi connectivity index (χ0n) is 23.8. The number of rotatable bonds is 1. The smallest absolute Gasteiger partial charge is 0.166 e. The van der Waals surface area contributed by atoms with Crippen molar-refractivity contribution in [3.05, 3.63) is 58.7 Å². The molecule has 0 aromatic heterocycles. The number of likely N-dealkylation sites (N-methyl/N-ethyl adjacent to an activating group) is 2. The van der Waals surface area contributed by atoms with Gasteiger partial charge in [-0.25, -0.2) is 0 Å². The maximum absolute atomic E-state index is 11.9. The van der Waals surface area contributed by atoms with E-state index in [1.807, 2.05) is 12.2 Å². The van der Waals surface area contributed by atoms with Crippen LogP contribution in [0.5, 0.6) is 23.0 Å². The maximum atomic E-state index is 11.9. The van der Waals surface area contributed by atoms with Crippen LogP contribution >= 0.6 is 0 Å². The van der Waals surface area contributed by atoms with Crippen LogP contribution in [0.25, 0.3) is 11.1 Å². The molecule has 2 aromatic rings. The van der Waals surface area contributed by atoms with Crippen LogP contribution in [-0.4, -0.2) is 93.9 Å². The highest BCUT2D eigenvalue weighted by Crippen LogP contribution is 2.67. The topological polar surface area (TPSA) is 106 Å². The summed E-state index contributed by atoms with van der Waals surface area (Å²) in [7, 11) is 4.35. The summed E-state index contributed by atoms with van der Waals surface area (Å²) in [5.41, 5.74) is 4.66. The fourth-order valence-electron chi connectivity index (χ4n) is 11.0. The number of aliphatic hydroxyl groups is 2. The number of nitrogens with zero attached hydrogens (tertiary/aromatic N) is 2. The first-order valence-electron chi connectivity index (χ1n) is 15.5. The SMILES string of the molecule is CN1CC[C@]23c4c5cc(-c6cc7c8c(c6O)O[C@H]6[C@@H](O)C=C[C@H]9[C@@H](C7)N(C)CC[C@@]896)c(O)c4O[C@H]2[C@@H](O)C=C[C@H]3[C@H]1C5. The number of ether oxygens (including phenoxy) is 2. The van der Waals surface area contributed by atoms with Gasteiger partial charge in [-0.15, -0.1) is 0 Å². The molecule has 10 rings (SSSR count). The summed E-state index contributed by atoms with van der Waals surface area (Å²) in [4.78, 5) is 4.83. The molecule has 4 bridgehead atoms. The van der Waals surface area contributed by atoms with Gasteiger partial charge in [0.25, 0.3) is 0 Å². The minimum Gasteiger partial charge on any atom is -0.504 e. The largest absolute Gasteiger partial charge is 0.504 e. The van der Waals surface area contributed by atoms with Gasteiger partial charge in [0.2, 0.25) is 0 Å². The van der Waals surface area contributed by atoms with Crippen molar-refractivity contribution >= 4 is 0 Å². The molecule has 0 saturated carbocycles. The Hall–Kier alpha value is -3.04. The van der Waals surface area contributed by atoms with Crippen LogP contribution in [0.4, 0.5) is 0 Å². The van der Waals surface area contributed by atoms with Gasteiger partial charge in [0.1, 0.15) is 24.4 Å². The molecule has 4 heterocycles. The number of aliphatic hydroxyl groups excluding tert-OH is 2. The molecular formula is C34H36N2O6. The molecule has 4 N–H and O–H groups in total. The van der Waals surface area contributed by atoms with Gasteiger partial charge in [0, 0.05) is 57.0 Å². The number of aromatic hydroxyl groups is 2. The van der Waals surface area contributed by atoms with E-state index in [9.17, 15) is 20.4 Å². The number of benzene rings is 2. The van der Waals surface area contributed by atoms with Gasteiger partial charge < -0.3 is 39.7 Å². The van der Waals surface area contributed by atoms with Crippen molar-refractivity contribution in [2.45, 2.75) is 73.0 Å². The molecule has 0 radical (unpaired) electrons. The molecule has 8 heteroatoms. The zero-order chi connectivity index (χ0) is 28.4. The fraction of sp³-hybridized carbons (Fsp3) is 0.529. The molecule has 4 aliphatic heterocycles. The number of piperidine rings is 2. The van der Waals surface area contributed by atoms with Crippen LogP contribution < -0.4 is 9.47 Å². The number of phenols is 2. The van der Waals surface area contributed by atoms with Gasteiger partial charge in [-0.05, 0) is 76.1 Å². The van der Waals surface area contributed by atoms with E-state index in [4.69, 9.17) is 9.47 Å². The van der Waals surface area contributed by atoms with E-state index in [0.29, 0.717) is 22.6 Å². The molecule has 8 nitrogen and oxygen atoms in total. The van der Waals surface area contributed by atoms with Gasteiger partial charge in [-0.1, -0.05) is 24.3 Å². The van der Waals surface area contributed by atoms with Crippen LogP contribution in [0.1, 0.15) is 35.1 Å². The van der Waals surface area contributed by atoms with Crippen molar-refractivity contribution in [2.24, 2.45) is 11.8 Å². The molecule has 2 spiro atoms. The van der Waals surface area contributed by atoms with Gasteiger partial charge in [0.15, 0.2) is 23.0 Å². The van der Waals surface area contributed by atoms with Crippen LogP contribution in [0.3, 0.4) is 0 Å². The van der Waals surface area contributed by atoms with Gasteiger partial charge in [-0.2, -0.15) is 0 Å². The highest BCUT2D eigenvalue weighted by molar-refractivity contribution is 5.85. The average molecular weight is 569 g/mol. The van der Waals surface area contributed by atoms with Crippen molar-refractivity contribution in [3.63, 3.8) is 0 Å². The molecule has 0 unspecified atom stereocenters. The predicted octanol–water partition coefficient (Wildman–Crippen LogP) is 2.38. The molecule has 2 saturated heterocycles. The van der Waals surface area contributed by atoms with Crippen LogP contribution in [0.2, 0.25) is 0 Å². The standard InChI is InChI=1S/C34H36N2O6/c1-35-9-7-33-19-3-5-23(37)31(33)41-29-25(33)15(13-21(19)35)11-17(27(29)39)18-12-16-14-22-20-4-6-24(38)32-34(20,8-10-36(22)2)26(16)30(42-32)28(18)40/h3-6,11-12,19-24,31-32,37-40H,7-10,13-14H2,1-2H3/t19-,20-,21+,22+,23-,24-,31-,32-,33-,34-/m0/s1. The predicted molar refractivity (Wildman–Crippen MR) is 154 cm³/mol. The maximum Gasteiger partial charge on any atom is 0.166 e. The first-order chi connectivity index (χ1) is 20.3. The van der Waals surface area contributed by atoms with E-state index in [1.165, 1.54) is 0 Å². The molecule has 2 fully saturated rings. The second kappa shape index (κ2) is 7.53. The zero-order valence-corrected chi connectivity index (χ0v) is 23.8. The van der Waals surface area contributed by atoms with Crippen molar-refractivity contribution < 1.29 is 29.9 Å². The normalized spacial score (nSPS) is 43.0. The summed E-state index contributed by atoms with van der Waals surface area (Å²) in [6.45, 7) is 1.82. The Morgan fingerprint density at radius 1 is 0.690 bits per heavy atom. The summed E-state index contributed by atoms with van der Waals surface area (Å²) < 4.78 is 13.1. The van der Waals surface area contributed by atoms with Gasteiger partial charge in [-0.3, -0.25) is 0 Å². The second-order valence-corrected chi connectivity index (χ2v) is 14.2. The molecule has 42 heavy (non-hydrogen) atoms. The minimum atomic E-state index is -0.746. The second-order valence-electron chi connectivity index (χ2n) is 14.2. The number of likely N-dealkylation sites (tertiary alicyclic amines) is 2. The van der Waals surface area contributed by atoms with Gasteiger partial charge >= 0.3 is 0 Å². The number of phenolic OH excluding ortho intramolecular Hbond substituents is 2. The lowest BCUT2D eigenvalue weighted by molar-refractivity contribution is -0.0453. The summed E-state index contributed by atoms with van der Waals surface area (Å²) in [5, 5.41) is 46.0. The third kappa shape index (κ3) is 2.48. The number of hydrogen-bond donors (Lipinski definition) is 4. The Kier molecular flexibility index (Phi) is 4.38. The lowest BCUT2D eigenvalue weighted by Crippen LogP contribution is -2.64. The monoisotopic (exact) mass is 568 g/mol. The molecule has 10 atom stereocenters. The first kappa shape index (κ1) is 24.4. The lowest BCUT2D eigenvalue weighted by Gasteiger charge is -2.56. The van der Waals surface area contributed by atoms with Gasteiger partial charge in [0.05, 0.1) is 0 Å². The first-order valence-corrected chi connectivity index (χ1v) is 15.5. The summed E-state index contributed by atoms with van der Waals surface area (Å²) >= 11 is 0. The van der Waals surface area contributed by atoms with Crippen molar-refractivity contribution in [3.8, 4) is 34.1 Å². The Balaban J connectivity index is 1.19. The van der Waals surface area contributed by atoms with Crippen LogP contribution in [-0.2, 0) is 23.7 Å². The quantitative estimate of drug-likeness (QED) is 0.389. The third-order valence-corrected chi connectivity index (χ3v) is 12.8. The van der Waals surface area contributed by atoms with E-state index >= 15 is 0 Å². The molecule has 8 aliphatic rings. The van der Waals surface area contributed by atoms with Crippen molar-refractivity contribution in [1.82, 2.24) is 9.80 Å². The van der Waals surface area contributed by atoms with Crippen molar-refractivity contribution in [1.29, 1.82) is 0 Å².